The molecule has 0 heterocycles. The van der Waals surface area contributed by atoms with Crippen LogP contribution in [0.1, 0.15) is 48.0 Å². The minimum absolute atomic E-state index is 0.0742. The molecule has 76 valence electrons. The molecule has 0 unspecified atom stereocenters. The van der Waals surface area contributed by atoms with Crippen LogP contribution in [0.5, 0.6) is 0 Å². The molecule has 0 aromatic carbocycles. The van der Waals surface area contributed by atoms with Crippen molar-refractivity contribution in [1.82, 2.24) is 0 Å². The molecular formula is C11H20O2. The fourth-order valence-electron chi connectivity index (χ4n) is 0.791. The van der Waals surface area contributed by atoms with E-state index in [2.05, 4.69) is 0 Å². The first-order valence-electron chi connectivity index (χ1n) is 4.62. The maximum atomic E-state index is 11.6. The second kappa shape index (κ2) is 3.60. The molecule has 0 saturated heterocycles. The zero-order valence-corrected chi connectivity index (χ0v) is 9.52. The first-order chi connectivity index (χ1) is 5.57. The quantitative estimate of drug-likeness (QED) is 0.675. The monoisotopic (exact) mass is 184 g/mol. The Balaban J connectivity index is 4.47. The summed E-state index contributed by atoms with van der Waals surface area (Å²) in [5.74, 6) is 0.220. The number of Topliss-reactive ketones (excluding diaryl/α,β-unsaturated/α-hetero) is 2. The molecule has 0 aliphatic rings. The van der Waals surface area contributed by atoms with Gasteiger partial charge in [0.1, 0.15) is 11.6 Å². The molecule has 0 aliphatic carbocycles. The van der Waals surface area contributed by atoms with Crippen LogP contribution in [0, 0.1) is 10.8 Å². The minimum Gasteiger partial charge on any atom is -0.299 e. The molecule has 13 heavy (non-hydrogen) atoms. The first kappa shape index (κ1) is 12.3. The van der Waals surface area contributed by atoms with Gasteiger partial charge in [-0.05, 0) is 6.92 Å². The molecule has 0 aliphatic heterocycles. The number of carbonyl (C=O) groups excluding carboxylic acids is 2. The normalized spacial score (nSPS) is 12.8. The van der Waals surface area contributed by atoms with E-state index in [1.165, 1.54) is 6.92 Å². The molecule has 0 saturated carbocycles. The van der Waals surface area contributed by atoms with Gasteiger partial charge in [-0.2, -0.15) is 0 Å². The maximum Gasteiger partial charge on any atom is 0.139 e. The predicted molar refractivity (Wildman–Crippen MR) is 53.5 cm³/mol. The van der Waals surface area contributed by atoms with Crippen LogP contribution in [-0.4, -0.2) is 11.6 Å². The summed E-state index contributed by atoms with van der Waals surface area (Å²) in [5, 5.41) is 0. The van der Waals surface area contributed by atoms with Gasteiger partial charge in [0, 0.05) is 17.3 Å². The average molecular weight is 184 g/mol. The third-order valence-corrected chi connectivity index (χ3v) is 2.39. The predicted octanol–water partition coefficient (Wildman–Crippen LogP) is 2.61. The van der Waals surface area contributed by atoms with Crippen molar-refractivity contribution < 1.29 is 9.59 Å². The molecule has 0 N–H and O–H groups in total. The Hall–Kier alpha value is -0.660. The fraction of sp³-hybridized carbons (Fsp3) is 0.818. The molecule has 0 aromatic heterocycles. The lowest BCUT2D eigenvalue weighted by molar-refractivity contribution is -0.134. The van der Waals surface area contributed by atoms with E-state index in [4.69, 9.17) is 0 Å². The summed E-state index contributed by atoms with van der Waals surface area (Å²) in [6, 6.07) is 0. The van der Waals surface area contributed by atoms with Crippen molar-refractivity contribution in [2.45, 2.75) is 48.0 Å². The summed E-state index contributed by atoms with van der Waals surface area (Å²) in [6.07, 6.45) is 0.339. The molecule has 0 radical (unpaired) electrons. The smallest absolute Gasteiger partial charge is 0.139 e. The van der Waals surface area contributed by atoms with Crippen molar-refractivity contribution in [2.75, 3.05) is 0 Å². The van der Waals surface area contributed by atoms with E-state index in [1.54, 1.807) is 0 Å². The Morgan fingerprint density at radius 3 is 1.62 bits per heavy atom. The molecule has 0 bridgehead atoms. The van der Waals surface area contributed by atoms with Crippen molar-refractivity contribution in [3.63, 3.8) is 0 Å². The Bertz CT molecular complexity index is 219. The summed E-state index contributed by atoms with van der Waals surface area (Å²) < 4.78 is 0. The highest BCUT2D eigenvalue weighted by molar-refractivity contribution is 5.91. The largest absolute Gasteiger partial charge is 0.299 e. The average Bonchev–Trinajstić information content (AvgIpc) is 1.83. The van der Waals surface area contributed by atoms with Crippen LogP contribution in [0.25, 0.3) is 0 Å². The zero-order chi connectivity index (χ0) is 10.9. The Morgan fingerprint density at radius 1 is 1.00 bits per heavy atom. The third kappa shape index (κ3) is 3.71. The Morgan fingerprint density at radius 2 is 1.38 bits per heavy atom. The van der Waals surface area contributed by atoms with Crippen molar-refractivity contribution >= 4 is 11.6 Å². The summed E-state index contributed by atoms with van der Waals surface area (Å²) in [5.41, 5.74) is -0.850. The molecular weight excluding hydrogens is 164 g/mol. The standard InChI is InChI=1S/C11H20O2/c1-8(12)11(5,6)7-9(13)10(2,3)4/h7H2,1-6H3. The Labute approximate surface area is 80.7 Å². The molecule has 0 aromatic rings. The van der Waals surface area contributed by atoms with Crippen molar-refractivity contribution in [3.8, 4) is 0 Å². The highest BCUT2D eigenvalue weighted by atomic mass is 16.1. The lowest BCUT2D eigenvalue weighted by atomic mass is 9.77. The van der Waals surface area contributed by atoms with Crippen molar-refractivity contribution in [1.29, 1.82) is 0 Å². The Kier molecular flexibility index (Phi) is 3.42. The van der Waals surface area contributed by atoms with Crippen LogP contribution >= 0.6 is 0 Å². The number of hydrogen-bond donors (Lipinski definition) is 0. The number of hydrogen-bond acceptors (Lipinski definition) is 2. The van der Waals surface area contributed by atoms with Crippen LogP contribution in [0.15, 0.2) is 0 Å². The van der Waals surface area contributed by atoms with Gasteiger partial charge in [0.25, 0.3) is 0 Å². The van der Waals surface area contributed by atoms with Crippen LogP contribution in [-0.2, 0) is 9.59 Å². The van der Waals surface area contributed by atoms with Crippen LogP contribution in [0.3, 0.4) is 0 Å². The number of carbonyl (C=O) groups is 2. The number of rotatable bonds is 3. The van der Waals surface area contributed by atoms with E-state index in [1.807, 2.05) is 34.6 Å². The molecule has 2 nitrogen and oxygen atoms in total. The van der Waals surface area contributed by atoms with Gasteiger partial charge in [-0.1, -0.05) is 34.6 Å². The lowest BCUT2D eigenvalue weighted by Gasteiger charge is -2.25. The molecule has 0 rings (SSSR count). The first-order valence-corrected chi connectivity index (χ1v) is 4.62. The summed E-state index contributed by atoms with van der Waals surface area (Å²) in [6.45, 7) is 10.8. The number of ketones is 2. The van der Waals surface area contributed by atoms with Crippen LogP contribution in [0.2, 0.25) is 0 Å². The SMILES string of the molecule is CC(=O)C(C)(C)CC(=O)C(C)(C)C. The van der Waals surface area contributed by atoms with E-state index < -0.39 is 5.41 Å². The highest BCUT2D eigenvalue weighted by Gasteiger charge is 2.31. The van der Waals surface area contributed by atoms with Gasteiger partial charge in [0.05, 0.1) is 0 Å². The van der Waals surface area contributed by atoms with Gasteiger partial charge in [0.15, 0.2) is 0 Å². The second-order valence-corrected chi connectivity index (χ2v) is 5.29. The van der Waals surface area contributed by atoms with Crippen molar-refractivity contribution in [2.24, 2.45) is 10.8 Å². The molecule has 2 heteroatoms. The highest BCUT2D eigenvalue weighted by Crippen LogP contribution is 2.27. The zero-order valence-electron chi connectivity index (χ0n) is 9.52. The summed E-state index contributed by atoms with van der Waals surface area (Å²) in [4.78, 5) is 22.8. The van der Waals surface area contributed by atoms with E-state index >= 15 is 0 Å². The van der Waals surface area contributed by atoms with Crippen LogP contribution < -0.4 is 0 Å². The molecule has 0 amide bonds. The molecule has 0 spiro atoms. The van der Waals surface area contributed by atoms with Gasteiger partial charge < -0.3 is 0 Å². The fourth-order valence-corrected chi connectivity index (χ4v) is 0.791. The third-order valence-electron chi connectivity index (χ3n) is 2.39. The van der Waals surface area contributed by atoms with E-state index in [0.29, 0.717) is 6.42 Å². The summed E-state index contributed by atoms with van der Waals surface area (Å²) >= 11 is 0. The van der Waals surface area contributed by atoms with E-state index in [-0.39, 0.29) is 17.0 Å². The van der Waals surface area contributed by atoms with Gasteiger partial charge in [-0.15, -0.1) is 0 Å². The van der Waals surface area contributed by atoms with Gasteiger partial charge in [-0.25, -0.2) is 0 Å². The van der Waals surface area contributed by atoms with Crippen LogP contribution in [0.4, 0.5) is 0 Å². The topological polar surface area (TPSA) is 34.1 Å². The van der Waals surface area contributed by atoms with E-state index in [0.717, 1.165) is 0 Å². The molecule has 0 atom stereocenters. The lowest BCUT2D eigenvalue weighted by Crippen LogP contribution is -2.30. The van der Waals surface area contributed by atoms with E-state index in [9.17, 15) is 9.59 Å². The van der Waals surface area contributed by atoms with Crippen molar-refractivity contribution in [3.05, 3.63) is 0 Å². The second-order valence-electron chi connectivity index (χ2n) is 5.29. The van der Waals surface area contributed by atoms with Gasteiger partial charge in [-0.3, -0.25) is 9.59 Å². The maximum absolute atomic E-state index is 11.6. The van der Waals surface area contributed by atoms with Gasteiger partial charge >= 0.3 is 0 Å². The summed E-state index contributed by atoms with van der Waals surface area (Å²) in [7, 11) is 0. The minimum atomic E-state index is -0.510. The van der Waals surface area contributed by atoms with Gasteiger partial charge in [0.2, 0.25) is 0 Å². The molecule has 0 fully saturated rings.